The van der Waals surface area contributed by atoms with E-state index in [0.29, 0.717) is 10.5 Å². The number of alkyl halides is 1. The van der Waals surface area contributed by atoms with Crippen LogP contribution in [0, 0.1) is 5.82 Å². The van der Waals surface area contributed by atoms with Crippen molar-refractivity contribution in [1.82, 2.24) is 4.90 Å². The van der Waals surface area contributed by atoms with E-state index in [1.165, 1.54) is 42.5 Å². The van der Waals surface area contributed by atoms with Gasteiger partial charge in [0.1, 0.15) is 12.2 Å². The number of nitrogens with one attached hydrogen (secondary N) is 1. The highest BCUT2D eigenvalue weighted by Crippen LogP contribution is 2.30. The van der Waals surface area contributed by atoms with Crippen LogP contribution >= 0.6 is 0 Å². The number of carboxylic acid groups (broad SMARTS) is 1. The Balaban J connectivity index is 1.90. The number of rotatable bonds is 4. The van der Waals surface area contributed by atoms with Crippen LogP contribution in [-0.4, -0.2) is 55.4 Å². The minimum Gasteiger partial charge on any atom is -0.465 e. The van der Waals surface area contributed by atoms with Crippen LogP contribution in [0.2, 0.25) is 0 Å². The molecule has 0 aromatic heterocycles. The third kappa shape index (κ3) is 4.37. The molecule has 1 aliphatic heterocycles. The van der Waals surface area contributed by atoms with Gasteiger partial charge in [-0.05, 0) is 23.8 Å². The zero-order valence-electron chi connectivity index (χ0n) is 15.3. The summed E-state index contributed by atoms with van der Waals surface area (Å²) in [6, 6.07) is 8.60. The monoisotopic (exact) mass is 424 g/mol. The average Bonchev–Trinajstić information content (AvgIpc) is 3.05. The lowest BCUT2D eigenvalue weighted by Gasteiger charge is -2.20. The maximum Gasteiger partial charge on any atom is 0.408 e. The van der Waals surface area contributed by atoms with Crippen molar-refractivity contribution < 1.29 is 31.9 Å². The number of carbonyl (C=O) groups is 2. The Hall–Kier alpha value is -3.01. The molecule has 0 radical (unpaired) electrons. The van der Waals surface area contributed by atoms with Gasteiger partial charge >= 0.3 is 6.09 Å². The maximum atomic E-state index is 15.0. The van der Waals surface area contributed by atoms with Crippen molar-refractivity contribution in [2.75, 3.05) is 18.1 Å². The molecule has 2 amide bonds. The van der Waals surface area contributed by atoms with Crippen molar-refractivity contribution in [1.29, 1.82) is 0 Å². The Labute approximate surface area is 165 Å². The maximum absolute atomic E-state index is 15.0. The Morgan fingerprint density at radius 2 is 1.90 bits per heavy atom. The van der Waals surface area contributed by atoms with Crippen molar-refractivity contribution >= 4 is 27.5 Å². The Bertz CT molecular complexity index is 1070. The van der Waals surface area contributed by atoms with Crippen molar-refractivity contribution in [2.24, 2.45) is 0 Å². The minimum atomic E-state index is -3.49. The summed E-state index contributed by atoms with van der Waals surface area (Å²) in [5.41, 5.74) is 0.126. The van der Waals surface area contributed by atoms with E-state index in [1.54, 1.807) is 0 Å². The molecule has 7 nitrogen and oxygen atoms in total. The van der Waals surface area contributed by atoms with Gasteiger partial charge in [-0.1, -0.05) is 24.3 Å². The molecular formula is C19H18F2N2O5S. The number of likely N-dealkylation sites (tertiary alicyclic amines) is 1. The van der Waals surface area contributed by atoms with Gasteiger partial charge in [-0.15, -0.1) is 0 Å². The topological polar surface area (TPSA) is 104 Å². The molecule has 0 spiro atoms. The van der Waals surface area contributed by atoms with Crippen LogP contribution in [0.5, 0.6) is 0 Å². The van der Waals surface area contributed by atoms with Gasteiger partial charge in [-0.25, -0.2) is 22.0 Å². The number of hydrogen-bond donors (Lipinski definition) is 2. The van der Waals surface area contributed by atoms with Gasteiger partial charge in [-0.2, -0.15) is 0 Å². The molecule has 2 N–H and O–H groups in total. The predicted octanol–water partition coefficient (Wildman–Crippen LogP) is 2.93. The normalized spacial score (nSPS) is 19.2. The standard InChI is InChI=1S/C19H18F2N2O5S/c1-29(27,28)13-5-2-4-11(8-13)14-6-3-7-15(17(14)21)22-18(24)16-9-12(20)10-23(16)19(25)26/h2-8,12,16H,9-10H2,1H3,(H,22,24)(H,25,26)/t12-,16+/m1/s1. The molecule has 0 bridgehead atoms. The van der Waals surface area contributed by atoms with Crippen LogP contribution in [0.4, 0.5) is 19.3 Å². The Morgan fingerprint density at radius 1 is 1.21 bits per heavy atom. The van der Waals surface area contributed by atoms with Gasteiger partial charge in [0.15, 0.2) is 15.7 Å². The summed E-state index contributed by atoms with van der Waals surface area (Å²) in [5.74, 6) is -1.66. The van der Waals surface area contributed by atoms with E-state index in [4.69, 9.17) is 5.11 Å². The third-order valence-corrected chi connectivity index (χ3v) is 5.74. The molecule has 1 aliphatic rings. The van der Waals surface area contributed by atoms with Crippen molar-refractivity contribution in [3.63, 3.8) is 0 Å². The number of amides is 2. The lowest BCUT2D eigenvalue weighted by molar-refractivity contribution is -0.120. The van der Waals surface area contributed by atoms with Gasteiger partial charge in [0.2, 0.25) is 5.91 Å². The number of hydrogen-bond acceptors (Lipinski definition) is 4. The van der Waals surface area contributed by atoms with Crippen LogP contribution in [0.25, 0.3) is 11.1 Å². The largest absolute Gasteiger partial charge is 0.465 e. The van der Waals surface area contributed by atoms with Crippen molar-refractivity contribution in [2.45, 2.75) is 23.5 Å². The second kappa shape index (κ2) is 7.78. The summed E-state index contributed by atoms with van der Waals surface area (Å²) in [6.45, 7) is -0.422. The van der Waals surface area contributed by atoms with Crippen LogP contribution in [0.15, 0.2) is 47.4 Å². The highest BCUT2D eigenvalue weighted by molar-refractivity contribution is 7.90. The quantitative estimate of drug-likeness (QED) is 0.786. The first-order valence-electron chi connectivity index (χ1n) is 8.61. The summed E-state index contributed by atoms with van der Waals surface area (Å²) in [4.78, 5) is 24.3. The summed E-state index contributed by atoms with van der Waals surface area (Å²) >= 11 is 0. The number of sulfone groups is 1. The van der Waals surface area contributed by atoms with E-state index in [0.717, 1.165) is 6.26 Å². The summed E-state index contributed by atoms with van der Waals surface area (Å²) in [5, 5.41) is 11.4. The molecule has 3 rings (SSSR count). The highest BCUT2D eigenvalue weighted by atomic mass is 32.2. The zero-order valence-corrected chi connectivity index (χ0v) is 16.1. The van der Waals surface area contributed by atoms with E-state index in [-0.39, 0.29) is 22.6 Å². The molecule has 154 valence electrons. The van der Waals surface area contributed by atoms with E-state index in [9.17, 15) is 26.8 Å². The minimum absolute atomic E-state index is 0.0147. The molecule has 2 atom stereocenters. The molecular weight excluding hydrogens is 406 g/mol. The molecule has 0 saturated carbocycles. The van der Waals surface area contributed by atoms with Gasteiger partial charge in [-0.3, -0.25) is 9.69 Å². The molecule has 1 fully saturated rings. The predicted molar refractivity (Wildman–Crippen MR) is 102 cm³/mol. The lowest BCUT2D eigenvalue weighted by Crippen LogP contribution is -2.42. The summed E-state index contributed by atoms with van der Waals surface area (Å²) in [7, 11) is -3.49. The van der Waals surface area contributed by atoms with Gasteiger partial charge in [0, 0.05) is 18.2 Å². The molecule has 1 saturated heterocycles. The average molecular weight is 424 g/mol. The molecule has 2 aromatic carbocycles. The molecule has 0 unspecified atom stereocenters. The van der Waals surface area contributed by atoms with Crippen LogP contribution < -0.4 is 5.32 Å². The van der Waals surface area contributed by atoms with Gasteiger partial charge < -0.3 is 10.4 Å². The van der Waals surface area contributed by atoms with E-state index in [1.807, 2.05) is 0 Å². The number of anilines is 1. The fourth-order valence-electron chi connectivity index (χ4n) is 3.21. The van der Waals surface area contributed by atoms with Crippen LogP contribution in [0.1, 0.15) is 6.42 Å². The number of benzene rings is 2. The Morgan fingerprint density at radius 3 is 2.55 bits per heavy atom. The van der Waals surface area contributed by atoms with Gasteiger partial charge in [0.25, 0.3) is 0 Å². The lowest BCUT2D eigenvalue weighted by atomic mass is 10.0. The number of halogens is 2. The summed E-state index contributed by atoms with van der Waals surface area (Å²) < 4.78 is 52.1. The van der Waals surface area contributed by atoms with Crippen LogP contribution in [0.3, 0.4) is 0 Å². The van der Waals surface area contributed by atoms with E-state index >= 15 is 0 Å². The van der Waals surface area contributed by atoms with Crippen LogP contribution in [-0.2, 0) is 14.6 Å². The fraction of sp³-hybridized carbons (Fsp3) is 0.263. The van der Waals surface area contributed by atoms with Crippen molar-refractivity contribution in [3.05, 3.63) is 48.3 Å². The number of carbonyl (C=O) groups excluding carboxylic acids is 1. The first kappa shape index (κ1) is 20.7. The first-order valence-corrected chi connectivity index (χ1v) is 10.5. The summed E-state index contributed by atoms with van der Waals surface area (Å²) in [6.07, 6.45) is -2.18. The highest BCUT2D eigenvalue weighted by Gasteiger charge is 2.40. The van der Waals surface area contributed by atoms with Crippen molar-refractivity contribution in [3.8, 4) is 11.1 Å². The Kier molecular flexibility index (Phi) is 5.56. The second-order valence-corrected chi connectivity index (χ2v) is 8.76. The van der Waals surface area contributed by atoms with E-state index < -0.39 is 46.4 Å². The molecule has 0 aliphatic carbocycles. The third-order valence-electron chi connectivity index (χ3n) is 4.63. The number of nitrogens with zero attached hydrogens (tertiary/aromatic N) is 1. The smallest absolute Gasteiger partial charge is 0.408 e. The molecule has 2 aromatic rings. The zero-order chi connectivity index (χ0) is 21.3. The first-order chi connectivity index (χ1) is 13.6. The molecule has 1 heterocycles. The second-order valence-electron chi connectivity index (χ2n) is 6.74. The fourth-order valence-corrected chi connectivity index (χ4v) is 3.87. The van der Waals surface area contributed by atoms with E-state index in [2.05, 4.69) is 5.32 Å². The SMILES string of the molecule is CS(=O)(=O)c1cccc(-c2cccc(NC(=O)[C@@H]3C[C@@H](F)CN3C(=O)O)c2F)c1. The molecule has 29 heavy (non-hydrogen) atoms. The molecule has 10 heteroatoms. The van der Waals surface area contributed by atoms with Gasteiger partial charge in [0.05, 0.1) is 17.1 Å².